The molecule has 0 saturated carbocycles. The smallest absolute Gasteiger partial charge is 0.379 e. The van der Waals surface area contributed by atoms with Crippen molar-refractivity contribution in [1.29, 1.82) is 5.41 Å². The van der Waals surface area contributed by atoms with Gasteiger partial charge < -0.3 is 5.73 Å². The summed E-state index contributed by atoms with van der Waals surface area (Å²) in [5.41, 5.74) is 4.54. The lowest BCUT2D eigenvalue weighted by Gasteiger charge is -2.13. The number of rotatable bonds is 1. The molecule has 0 bridgehead atoms. The molecule has 5 N–H and O–H groups in total. The van der Waals surface area contributed by atoms with E-state index in [0.717, 1.165) is 0 Å². The van der Waals surface area contributed by atoms with Crippen LogP contribution in [0.3, 0.4) is 0 Å². The highest BCUT2D eigenvalue weighted by molar-refractivity contribution is 5.96. The van der Waals surface area contributed by atoms with E-state index in [1.807, 2.05) is 5.92 Å². The number of amidine groups is 1. The van der Waals surface area contributed by atoms with Gasteiger partial charge in [0.2, 0.25) is 11.8 Å². The second-order valence-electron chi connectivity index (χ2n) is 2.15. The van der Waals surface area contributed by atoms with Gasteiger partial charge in [0, 0.05) is 0 Å². The Morgan fingerprint density at radius 3 is 2.43 bits per heavy atom. The Balaban J connectivity index is 4.53. The molecule has 0 rings (SSSR count). The van der Waals surface area contributed by atoms with Crippen molar-refractivity contribution in [3.63, 3.8) is 0 Å². The zero-order valence-corrected chi connectivity index (χ0v) is 6.97. The lowest BCUT2D eigenvalue weighted by molar-refractivity contribution is -0.0597. The Bertz CT molecular complexity index is 287. The summed E-state index contributed by atoms with van der Waals surface area (Å²) in [7, 11) is 0. The number of terminal acetylenes is 1. The number of nitrogens with two attached hydrogens (primary N) is 2. The molecule has 5 nitrogen and oxygen atoms in total. The molecule has 0 saturated heterocycles. The fourth-order valence-corrected chi connectivity index (χ4v) is 0.415. The average Bonchev–Trinajstić information content (AvgIpc) is 2.02. The quantitative estimate of drug-likeness (QED) is 0.180. The van der Waals surface area contributed by atoms with Crippen molar-refractivity contribution in [3.05, 3.63) is 0 Å². The van der Waals surface area contributed by atoms with Crippen LogP contribution in [0, 0.1) is 17.8 Å². The standard InChI is InChI=1S/C6H8F3N5/c1-2-3-14(12)5(11)13-4(10)6(7,8)9/h1H,3,12H2,(H3,10,11,13). The number of hydrazine groups is 1. The summed E-state index contributed by atoms with van der Waals surface area (Å²) < 4.78 is 35.4. The summed E-state index contributed by atoms with van der Waals surface area (Å²) in [6, 6.07) is 0. The first-order chi connectivity index (χ1) is 6.29. The van der Waals surface area contributed by atoms with Crippen LogP contribution in [0.25, 0.3) is 0 Å². The van der Waals surface area contributed by atoms with Crippen LogP contribution in [0.2, 0.25) is 0 Å². The molecular weight excluding hydrogens is 199 g/mol. The minimum Gasteiger partial charge on any atom is -0.379 e. The number of guanidine groups is 1. The fraction of sp³-hybridized carbons (Fsp3) is 0.333. The summed E-state index contributed by atoms with van der Waals surface area (Å²) in [5, 5.41) is 7.50. The van der Waals surface area contributed by atoms with Crippen LogP contribution in [0.15, 0.2) is 4.99 Å². The highest BCUT2D eigenvalue weighted by Gasteiger charge is 2.34. The van der Waals surface area contributed by atoms with Gasteiger partial charge in [-0.3, -0.25) is 10.4 Å². The number of aliphatic imine (C=N–C) groups is 1. The SMILES string of the molecule is C#CCN(N)C(=N)/N=C(\N)C(F)(F)F. The molecule has 78 valence electrons. The monoisotopic (exact) mass is 207 g/mol. The van der Waals surface area contributed by atoms with Crippen molar-refractivity contribution in [2.24, 2.45) is 16.6 Å². The van der Waals surface area contributed by atoms with Crippen molar-refractivity contribution in [1.82, 2.24) is 5.01 Å². The predicted octanol–water partition coefficient (Wildman–Crippen LogP) is -0.350. The van der Waals surface area contributed by atoms with Crippen molar-refractivity contribution in [2.45, 2.75) is 6.18 Å². The summed E-state index contributed by atoms with van der Waals surface area (Å²) in [5.74, 6) is 4.59. The third-order valence-electron chi connectivity index (χ3n) is 1.05. The largest absolute Gasteiger partial charge is 0.449 e. The molecule has 8 heteroatoms. The first kappa shape index (κ1) is 12.2. The number of hydrogen-bond acceptors (Lipinski definition) is 2. The molecular formula is C6H8F3N5. The number of hydrogen-bond donors (Lipinski definition) is 3. The predicted molar refractivity (Wildman–Crippen MR) is 45.1 cm³/mol. The van der Waals surface area contributed by atoms with Crippen LogP contribution >= 0.6 is 0 Å². The molecule has 0 aliphatic carbocycles. The van der Waals surface area contributed by atoms with Gasteiger partial charge in [-0.05, 0) is 0 Å². The van der Waals surface area contributed by atoms with E-state index in [2.05, 4.69) is 10.7 Å². The maximum absolute atomic E-state index is 11.8. The van der Waals surface area contributed by atoms with Gasteiger partial charge in [-0.1, -0.05) is 5.92 Å². The lowest BCUT2D eigenvalue weighted by atomic mass is 10.6. The first-order valence-electron chi connectivity index (χ1n) is 3.24. The Morgan fingerprint density at radius 1 is 1.57 bits per heavy atom. The van der Waals surface area contributed by atoms with E-state index in [9.17, 15) is 13.2 Å². The van der Waals surface area contributed by atoms with Gasteiger partial charge in [-0.25, -0.2) is 5.84 Å². The van der Waals surface area contributed by atoms with Crippen LogP contribution in [0.4, 0.5) is 13.2 Å². The van der Waals surface area contributed by atoms with Crippen LogP contribution in [-0.2, 0) is 0 Å². The van der Waals surface area contributed by atoms with Crippen LogP contribution in [0.1, 0.15) is 0 Å². The Morgan fingerprint density at radius 2 is 2.07 bits per heavy atom. The second-order valence-corrected chi connectivity index (χ2v) is 2.15. The Labute approximate surface area is 78.1 Å². The van der Waals surface area contributed by atoms with E-state index in [4.69, 9.17) is 17.7 Å². The van der Waals surface area contributed by atoms with Gasteiger partial charge in [0.1, 0.15) is 0 Å². The van der Waals surface area contributed by atoms with Crippen LogP contribution in [-0.4, -0.2) is 29.5 Å². The molecule has 0 amide bonds. The van der Waals surface area contributed by atoms with Gasteiger partial charge in [-0.15, -0.1) is 6.42 Å². The van der Waals surface area contributed by atoms with Crippen molar-refractivity contribution in [2.75, 3.05) is 6.54 Å². The molecule has 0 aromatic carbocycles. The van der Waals surface area contributed by atoms with Crippen molar-refractivity contribution >= 4 is 11.8 Å². The van der Waals surface area contributed by atoms with Crippen LogP contribution in [0.5, 0.6) is 0 Å². The second kappa shape index (κ2) is 4.48. The van der Waals surface area contributed by atoms with Gasteiger partial charge in [-0.2, -0.15) is 18.2 Å². The zero-order chi connectivity index (χ0) is 11.4. The van der Waals surface area contributed by atoms with Crippen LogP contribution < -0.4 is 11.6 Å². The lowest BCUT2D eigenvalue weighted by Crippen LogP contribution is -2.39. The summed E-state index contributed by atoms with van der Waals surface area (Å²) in [6.45, 7) is -0.229. The highest BCUT2D eigenvalue weighted by Crippen LogP contribution is 2.14. The molecule has 14 heavy (non-hydrogen) atoms. The normalized spacial score (nSPS) is 12.1. The summed E-state index contributed by atoms with van der Waals surface area (Å²) in [6.07, 6.45) is 0.0390. The van der Waals surface area contributed by atoms with Crippen molar-refractivity contribution < 1.29 is 13.2 Å². The average molecular weight is 207 g/mol. The van der Waals surface area contributed by atoms with E-state index in [0.29, 0.717) is 5.01 Å². The number of halogens is 3. The number of nitrogens with zero attached hydrogens (tertiary/aromatic N) is 2. The highest BCUT2D eigenvalue weighted by atomic mass is 19.4. The van der Waals surface area contributed by atoms with Crippen molar-refractivity contribution in [3.8, 4) is 12.3 Å². The molecule has 0 spiro atoms. The van der Waals surface area contributed by atoms with E-state index < -0.39 is 18.0 Å². The molecule has 0 heterocycles. The topological polar surface area (TPSA) is 91.5 Å². The maximum atomic E-state index is 11.8. The molecule has 0 atom stereocenters. The summed E-state index contributed by atoms with van der Waals surface area (Å²) in [4.78, 5) is 2.72. The Hall–Kier alpha value is -1.75. The Kier molecular flexibility index (Phi) is 3.92. The first-order valence-corrected chi connectivity index (χ1v) is 3.24. The molecule has 0 aromatic rings. The van der Waals surface area contributed by atoms with E-state index in [-0.39, 0.29) is 6.54 Å². The van der Waals surface area contributed by atoms with Gasteiger partial charge in [0.25, 0.3) is 0 Å². The summed E-state index contributed by atoms with van der Waals surface area (Å²) >= 11 is 0. The van der Waals surface area contributed by atoms with E-state index in [1.54, 1.807) is 0 Å². The maximum Gasteiger partial charge on any atom is 0.449 e. The number of alkyl halides is 3. The number of nitrogens with one attached hydrogen (secondary N) is 1. The van der Waals surface area contributed by atoms with E-state index >= 15 is 0 Å². The third-order valence-corrected chi connectivity index (χ3v) is 1.05. The molecule has 0 aliphatic heterocycles. The van der Waals surface area contributed by atoms with Gasteiger partial charge >= 0.3 is 6.18 Å². The molecule has 0 fully saturated rings. The molecule has 0 radical (unpaired) electrons. The minimum absolute atomic E-state index is 0.229. The molecule has 0 aromatic heterocycles. The van der Waals surface area contributed by atoms with Gasteiger partial charge in [0.05, 0.1) is 6.54 Å². The molecule has 0 aliphatic rings. The van der Waals surface area contributed by atoms with E-state index in [1.165, 1.54) is 0 Å². The zero-order valence-electron chi connectivity index (χ0n) is 6.97. The minimum atomic E-state index is -4.77. The fourth-order valence-electron chi connectivity index (χ4n) is 0.415. The third kappa shape index (κ3) is 3.77. The van der Waals surface area contributed by atoms with Gasteiger partial charge in [0.15, 0.2) is 0 Å². The molecule has 0 unspecified atom stereocenters.